The Morgan fingerprint density at radius 1 is 1.40 bits per heavy atom. The third kappa shape index (κ3) is 3.02. The number of allylic oxidation sites excluding steroid dienone is 3. The average Bonchev–Trinajstić information content (AvgIpc) is 1.88. The summed E-state index contributed by atoms with van der Waals surface area (Å²) in [5.74, 6) is 0.735. The summed E-state index contributed by atoms with van der Waals surface area (Å²) in [4.78, 5) is 0. The Kier molecular flexibility index (Phi) is 3.71. The van der Waals surface area contributed by atoms with Gasteiger partial charge in [-0.15, -0.1) is 0 Å². The molecule has 0 saturated carbocycles. The van der Waals surface area contributed by atoms with Crippen LogP contribution in [0.4, 0.5) is 0 Å². The van der Waals surface area contributed by atoms with Gasteiger partial charge in [0.1, 0.15) is 0 Å². The molecule has 0 radical (unpaired) electrons. The van der Waals surface area contributed by atoms with Crippen molar-refractivity contribution in [1.29, 1.82) is 0 Å². The minimum Gasteiger partial charge on any atom is -0.0885 e. The van der Waals surface area contributed by atoms with Gasteiger partial charge in [-0.1, -0.05) is 18.2 Å². The lowest BCUT2D eigenvalue weighted by Gasteiger charge is -2.12. The maximum absolute atomic E-state index is 3.36. The van der Waals surface area contributed by atoms with Crippen LogP contribution in [0.3, 0.4) is 0 Å². The summed E-state index contributed by atoms with van der Waals surface area (Å²) in [5.41, 5.74) is 0. The Morgan fingerprint density at radius 3 is 2.70 bits per heavy atom. The van der Waals surface area contributed by atoms with Gasteiger partial charge < -0.3 is 0 Å². The van der Waals surface area contributed by atoms with Gasteiger partial charge >= 0.3 is 0 Å². The minimum absolute atomic E-state index is 0.735. The smallest absolute Gasteiger partial charge is 0.0567 e. The van der Waals surface area contributed by atoms with Crippen LogP contribution in [-0.2, 0) is 0 Å². The molecule has 0 amide bonds. The number of rotatable bonds is 1. The maximum Gasteiger partial charge on any atom is 0.0567 e. The average molecular weight is 266 g/mol. The van der Waals surface area contributed by atoms with Crippen LogP contribution in [0.5, 0.6) is 0 Å². The molecule has 0 aromatic heterocycles. The van der Waals surface area contributed by atoms with Crippen LogP contribution in [0.2, 0.25) is 0 Å². The second kappa shape index (κ2) is 4.35. The molecule has 0 aliphatic heterocycles. The summed E-state index contributed by atoms with van der Waals surface area (Å²) in [6.07, 6.45) is 10.5. The molecule has 10 heavy (non-hydrogen) atoms. The molecule has 1 atom stereocenters. The zero-order valence-corrected chi connectivity index (χ0v) is 8.86. The fraction of sp³-hybridized carbons (Fsp3) is 0.500. The van der Waals surface area contributed by atoms with E-state index >= 15 is 0 Å². The molecular formula is C8H10Br2. The second-order valence-electron chi connectivity index (χ2n) is 2.50. The van der Waals surface area contributed by atoms with Gasteiger partial charge in [-0.05, 0) is 57.0 Å². The Balaban J connectivity index is 2.42. The molecule has 1 rings (SSSR count). The third-order valence-electron chi connectivity index (χ3n) is 1.67. The van der Waals surface area contributed by atoms with Crippen LogP contribution in [0.1, 0.15) is 19.3 Å². The molecule has 1 aliphatic carbocycles. The zero-order valence-electron chi connectivity index (χ0n) is 5.69. The first-order valence-electron chi connectivity index (χ1n) is 3.47. The third-order valence-corrected chi connectivity index (χ3v) is 2.20. The van der Waals surface area contributed by atoms with E-state index in [0.29, 0.717) is 0 Å². The van der Waals surface area contributed by atoms with Gasteiger partial charge in [-0.2, -0.15) is 0 Å². The van der Waals surface area contributed by atoms with Crippen molar-refractivity contribution in [3.63, 3.8) is 0 Å². The van der Waals surface area contributed by atoms with Gasteiger partial charge in [0, 0.05) is 0 Å². The van der Waals surface area contributed by atoms with Crippen molar-refractivity contribution in [2.75, 3.05) is 0 Å². The number of hydrogen-bond donors (Lipinski definition) is 0. The summed E-state index contributed by atoms with van der Waals surface area (Å²) in [5, 5.41) is 0. The van der Waals surface area contributed by atoms with E-state index in [1.165, 1.54) is 19.3 Å². The molecular weight excluding hydrogens is 256 g/mol. The number of halogens is 2. The van der Waals surface area contributed by atoms with E-state index in [2.05, 4.69) is 50.1 Å². The minimum atomic E-state index is 0.735. The molecule has 1 aliphatic rings. The Hall–Kier alpha value is 0.440. The highest BCUT2D eigenvalue weighted by Crippen LogP contribution is 2.24. The van der Waals surface area contributed by atoms with E-state index in [0.717, 1.165) is 9.31 Å². The highest BCUT2D eigenvalue weighted by atomic mass is 79.9. The Labute approximate surface area is 78.6 Å². The van der Waals surface area contributed by atoms with Crippen molar-refractivity contribution < 1.29 is 0 Å². The lowest BCUT2D eigenvalue weighted by atomic mass is 9.95. The van der Waals surface area contributed by atoms with Crippen molar-refractivity contribution in [2.45, 2.75) is 19.3 Å². The van der Waals surface area contributed by atoms with E-state index in [4.69, 9.17) is 0 Å². The molecule has 2 heteroatoms. The summed E-state index contributed by atoms with van der Waals surface area (Å²) in [6, 6.07) is 0. The van der Waals surface area contributed by atoms with Crippen LogP contribution < -0.4 is 0 Å². The van der Waals surface area contributed by atoms with Crippen molar-refractivity contribution in [3.8, 4) is 0 Å². The van der Waals surface area contributed by atoms with E-state index in [1.54, 1.807) is 0 Å². The van der Waals surface area contributed by atoms with Crippen LogP contribution in [0.25, 0.3) is 0 Å². The van der Waals surface area contributed by atoms with Gasteiger partial charge in [0.05, 0.1) is 3.39 Å². The van der Waals surface area contributed by atoms with Gasteiger partial charge in [0.2, 0.25) is 0 Å². The zero-order chi connectivity index (χ0) is 7.40. The molecule has 56 valence electrons. The Morgan fingerprint density at radius 2 is 2.20 bits per heavy atom. The molecule has 0 fully saturated rings. The van der Waals surface area contributed by atoms with Crippen LogP contribution in [0, 0.1) is 5.92 Å². The van der Waals surface area contributed by atoms with Crippen LogP contribution in [-0.4, -0.2) is 0 Å². The molecule has 0 aromatic rings. The van der Waals surface area contributed by atoms with E-state index in [9.17, 15) is 0 Å². The quantitative estimate of drug-likeness (QED) is 0.630. The molecule has 1 unspecified atom stereocenters. The monoisotopic (exact) mass is 264 g/mol. The van der Waals surface area contributed by atoms with Crippen molar-refractivity contribution in [2.24, 2.45) is 5.92 Å². The molecule has 0 bridgehead atoms. The predicted molar refractivity (Wildman–Crippen MR) is 52.4 cm³/mol. The highest BCUT2D eigenvalue weighted by molar-refractivity contribution is 9.28. The molecule has 0 saturated heterocycles. The van der Waals surface area contributed by atoms with Crippen molar-refractivity contribution in [3.05, 3.63) is 21.6 Å². The largest absolute Gasteiger partial charge is 0.0885 e. The lowest BCUT2D eigenvalue weighted by molar-refractivity contribution is 0.584. The summed E-state index contributed by atoms with van der Waals surface area (Å²) in [7, 11) is 0. The second-order valence-corrected chi connectivity index (χ2v) is 5.27. The van der Waals surface area contributed by atoms with Crippen molar-refractivity contribution >= 4 is 31.9 Å². The first kappa shape index (κ1) is 8.54. The van der Waals surface area contributed by atoms with Gasteiger partial charge in [0.15, 0.2) is 0 Å². The fourth-order valence-electron chi connectivity index (χ4n) is 1.15. The van der Waals surface area contributed by atoms with Gasteiger partial charge in [-0.3, -0.25) is 0 Å². The Bertz CT molecular complexity index is 155. The molecule has 0 spiro atoms. The first-order chi connectivity index (χ1) is 4.79. The van der Waals surface area contributed by atoms with E-state index < -0.39 is 0 Å². The topological polar surface area (TPSA) is 0 Å². The van der Waals surface area contributed by atoms with E-state index in [1.807, 2.05) is 0 Å². The SMILES string of the molecule is BrC(Br)=CC1CC=CCC1. The number of hydrogen-bond acceptors (Lipinski definition) is 0. The van der Waals surface area contributed by atoms with Crippen molar-refractivity contribution in [1.82, 2.24) is 0 Å². The normalized spacial score (nSPS) is 24.4. The molecule has 0 nitrogen and oxygen atoms in total. The van der Waals surface area contributed by atoms with Gasteiger partial charge in [0.25, 0.3) is 0 Å². The molecule has 0 heterocycles. The molecule has 0 N–H and O–H groups in total. The van der Waals surface area contributed by atoms with Crippen LogP contribution >= 0.6 is 31.9 Å². The maximum atomic E-state index is 3.36. The van der Waals surface area contributed by atoms with Crippen LogP contribution in [0.15, 0.2) is 21.6 Å². The molecule has 0 aromatic carbocycles. The lowest BCUT2D eigenvalue weighted by Crippen LogP contribution is -1.97. The predicted octanol–water partition coefficient (Wildman–Crippen LogP) is 3.97. The van der Waals surface area contributed by atoms with E-state index in [-0.39, 0.29) is 0 Å². The summed E-state index contributed by atoms with van der Waals surface area (Å²) < 4.78 is 1.08. The van der Waals surface area contributed by atoms with Gasteiger partial charge in [-0.25, -0.2) is 0 Å². The fourth-order valence-corrected chi connectivity index (χ4v) is 1.89. The first-order valence-corrected chi connectivity index (χ1v) is 5.05. The highest BCUT2D eigenvalue weighted by Gasteiger charge is 2.05. The standard InChI is InChI=1S/C8H10Br2/c9-8(10)6-7-4-2-1-3-5-7/h1-2,6-7H,3-5H2. The summed E-state index contributed by atoms with van der Waals surface area (Å²) in [6.45, 7) is 0. The summed E-state index contributed by atoms with van der Waals surface area (Å²) >= 11 is 6.73.